The summed E-state index contributed by atoms with van der Waals surface area (Å²) in [5, 5.41) is 9.02. The van der Waals surface area contributed by atoms with Crippen molar-refractivity contribution in [1.29, 1.82) is 0 Å². The quantitative estimate of drug-likeness (QED) is 0.429. The number of para-hydroxylation sites is 1. The van der Waals surface area contributed by atoms with Gasteiger partial charge in [-0.25, -0.2) is 17.8 Å². The first-order valence-electron chi connectivity index (χ1n) is 9.50. The number of hydrogen-bond donors (Lipinski definition) is 2. The van der Waals surface area contributed by atoms with E-state index in [0.29, 0.717) is 12.1 Å². The van der Waals surface area contributed by atoms with Crippen LogP contribution in [0.4, 0.5) is 0 Å². The van der Waals surface area contributed by atoms with Gasteiger partial charge < -0.3 is 5.32 Å². The van der Waals surface area contributed by atoms with Crippen molar-refractivity contribution < 1.29 is 13.2 Å². The Morgan fingerprint density at radius 1 is 0.968 bits per heavy atom. The van der Waals surface area contributed by atoms with Crippen molar-refractivity contribution in [1.82, 2.24) is 19.8 Å². The molecule has 1 amide bonds. The molecule has 2 aromatic carbocycles. The van der Waals surface area contributed by atoms with Crippen LogP contribution in [0.2, 0.25) is 0 Å². The Kier molecular flexibility index (Phi) is 6.26. The summed E-state index contributed by atoms with van der Waals surface area (Å²) in [6.07, 6.45) is 3.55. The van der Waals surface area contributed by atoms with Gasteiger partial charge in [0.1, 0.15) is 0 Å². The maximum Gasteiger partial charge on any atom is 0.251 e. The van der Waals surface area contributed by atoms with E-state index in [2.05, 4.69) is 15.1 Å². The van der Waals surface area contributed by atoms with E-state index in [1.807, 2.05) is 54.0 Å². The van der Waals surface area contributed by atoms with Crippen molar-refractivity contribution in [3.05, 3.63) is 101 Å². The molecule has 158 valence electrons. The lowest BCUT2D eigenvalue weighted by molar-refractivity contribution is 0.0951. The summed E-state index contributed by atoms with van der Waals surface area (Å²) in [6, 6.07) is 19.3. The standard InChI is InChI=1S/C22H20N4O3S2/c27-22(23-13-17-14-24-26(16-17)19-5-2-1-3-6-19)18-8-10-21(11-9-18)31(28,29)25-15-20-7-4-12-30-20/h1-12,14,16,25H,13,15H2,(H,23,27). The molecule has 7 nitrogen and oxygen atoms in total. The van der Waals surface area contributed by atoms with Crippen molar-refractivity contribution in [2.75, 3.05) is 0 Å². The Morgan fingerprint density at radius 3 is 2.45 bits per heavy atom. The van der Waals surface area contributed by atoms with Crippen LogP contribution < -0.4 is 10.0 Å². The van der Waals surface area contributed by atoms with Gasteiger partial charge in [0.05, 0.1) is 16.8 Å². The van der Waals surface area contributed by atoms with Crippen LogP contribution >= 0.6 is 11.3 Å². The van der Waals surface area contributed by atoms with Gasteiger partial charge in [-0.15, -0.1) is 11.3 Å². The Balaban J connectivity index is 1.34. The summed E-state index contributed by atoms with van der Waals surface area (Å²) in [4.78, 5) is 13.5. The van der Waals surface area contributed by atoms with E-state index in [1.165, 1.54) is 35.6 Å². The molecule has 2 N–H and O–H groups in total. The summed E-state index contributed by atoms with van der Waals surface area (Å²) in [6.45, 7) is 0.549. The minimum atomic E-state index is -3.64. The van der Waals surface area contributed by atoms with E-state index in [-0.39, 0.29) is 17.3 Å². The summed E-state index contributed by atoms with van der Waals surface area (Å²) in [7, 11) is -3.64. The fraction of sp³-hybridized carbons (Fsp3) is 0.0909. The molecular weight excluding hydrogens is 432 g/mol. The predicted octanol–water partition coefficient (Wildman–Crippen LogP) is 3.34. The molecule has 31 heavy (non-hydrogen) atoms. The van der Waals surface area contributed by atoms with E-state index in [1.54, 1.807) is 10.9 Å². The van der Waals surface area contributed by atoms with Gasteiger partial charge in [-0.1, -0.05) is 24.3 Å². The zero-order chi connectivity index (χ0) is 21.7. The molecule has 0 bridgehead atoms. The molecule has 9 heteroatoms. The third kappa shape index (κ3) is 5.26. The maximum atomic E-state index is 12.4. The number of amides is 1. The van der Waals surface area contributed by atoms with Crippen LogP contribution in [0, 0.1) is 0 Å². The second-order valence-electron chi connectivity index (χ2n) is 6.74. The molecule has 0 unspecified atom stereocenters. The van der Waals surface area contributed by atoms with Gasteiger partial charge in [0.25, 0.3) is 5.91 Å². The number of carbonyl (C=O) groups excluding carboxylic acids is 1. The number of nitrogens with one attached hydrogen (secondary N) is 2. The predicted molar refractivity (Wildman–Crippen MR) is 120 cm³/mol. The molecule has 0 saturated heterocycles. The first-order chi connectivity index (χ1) is 15.0. The largest absolute Gasteiger partial charge is 0.348 e. The maximum absolute atomic E-state index is 12.4. The zero-order valence-electron chi connectivity index (χ0n) is 16.4. The van der Waals surface area contributed by atoms with Crippen molar-refractivity contribution in [3.8, 4) is 5.69 Å². The average Bonchev–Trinajstić information content (AvgIpc) is 3.49. The zero-order valence-corrected chi connectivity index (χ0v) is 18.1. The molecule has 0 saturated carbocycles. The SMILES string of the molecule is O=C(NCc1cnn(-c2ccccc2)c1)c1ccc(S(=O)(=O)NCc2cccs2)cc1. The number of aromatic nitrogens is 2. The summed E-state index contributed by atoms with van der Waals surface area (Å²) in [5.74, 6) is -0.289. The highest BCUT2D eigenvalue weighted by molar-refractivity contribution is 7.89. The van der Waals surface area contributed by atoms with Crippen molar-refractivity contribution in [3.63, 3.8) is 0 Å². The molecule has 0 atom stereocenters. The van der Waals surface area contributed by atoms with Crippen LogP contribution in [-0.4, -0.2) is 24.1 Å². The van der Waals surface area contributed by atoms with Gasteiger partial charge in [-0.05, 0) is 47.8 Å². The summed E-state index contributed by atoms with van der Waals surface area (Å²) < 4.78 is 29.1. The summed E-state index contributed by atoms with van der Waals surface area (Å²) >= 11 is 1.48. The molecule has 0 spiro atoms. The van der Waals surface area contributed by atoms with E-state index < -0.39 is 10.0 Å². The van der Waals surface area contributed by atoms with E-state index in [9.17, 15) is 13.2 Å². The van der Waals surface area contributed by atoms with Crippen LogP contribution in [0.1, 0.15) is 20.8 Å². The number of rotatable bonds is 8. The summed E-state index contributed by atoms with van der Waals surface area (Å²) in [5.41, 5.74) is 2.17. The lowest BCUT2D eigenvalue weighted by Crippen LogP contribution is -2.24. The molecule has 0 fully saturated rings. The molecule has 2 aromatic heterocycles. The van der Waals surface area contributed by atoms with Gasteiger partial charge in [-0.3, -0.25) is 4.79 Å². The minimum Gasteiger partial charge on any atom is -0.348 e. The highest BCUT2D eigenvalue weighted by Gasteiger charge is 2.15. The Labute approximate surface area is 184 Å². The van der Waals surface area contributed by atoms with Gasteiger partial charge in [0.15, 0.2) is 0 Å². The average molecular weight is 453 g/mol. The lowest BCUT2D eigenvalue weighted by atomic mass is 10.2. The Bertz CT molecular complexity index is 1250. The van der Waals surface area contributed by atoms with Crippen LogP contribution in [0.25, 0.3) is 5.69 Å². The lowest BCUT2D eigenvalue weighted by Gasteiger charge is -2.07. The monoisotopic (exact) mass is 452 g/mol. The number of hydrogen-bond acceptors (Lipinski definition) is 5. The molecule has 4 rings (SSSR count). The number of sulfonamides is 1. The fourth-order valence-corrected chi connectivity index (χ4v) is 4.65. The topological polar surface area (TPSA) is 93.1 Å². The first kappa shape index (κ1) is 21.0. The third-order valence-corrected chi connectivity index (χ3v) is 6.85. The molecule has 0 aliphatic heterocycles. The fourth-order valence-electron chi connectivity index (χ4n) is 2.91. The van der Waals surface area contributed by atoms with Gasteiger partial charge in [0.2, 0.25) is 10.0 Å². The molecule has 0 aliphatic carbocycles. The molecule has 2 heterocycles. The smallest absolute Gasteiger partial charge is 0.251 e. The Hall–Kier alpha value is -3.27. The second-order valence-corrected chi connectivity index (χ2v) is 9.54. The molecule has 0 aliphatic rings. The van der Waals surface area contributed by atoms with Crippen molar-refractivity contribution in [2.45, 2.75) is 18.0 Å². The first-order valence-corrected chi connectivity index (χ1v) is 11.9. The van der Waals surface area contributed by atoms with Gasteiger partial charge in [0, 0.05) is 35.3 Å². The number of benzene rings is 2. The molecular formula is C22H20N4O3S2. The van der Waals surface area contributed by atoms with E-state index >= 15 is 0 Å². The van der Waals surface area contributed by atoms with Crippen molar-refractivity contribution >= 4 is 27.3 Å². The normalized spacial score (nSPS) is 11.4. The van der Waals surface area contributed by atoms with E-state index in [0.717, 1.165) is 16.1 Å². The number of carbonyl (C=O) groups is 1. The van der Waals surface area contributed by atoms with Crippen LogP contribution in [0.15, 0.2) is 89.4 Å². The second kappa shape index (κ2) is 9.25. The van der Waals surface area contributed by atoms with Crippen LogP contribution in [-0.2, 0) is 23.1 Å². The molecule has 0 radical (unpaired) electrons. The van der Waals surface area contributed by atoms with Gasteiger partial charge in [-0.2, -0.15) is 5.10 Å². The number of thiophene rings is 1. The number of nitrogens with zero attached hydrogens (tertiary/aromatic N) is 2. The van der Waals surface area contributed by atoms with Crippen molar-refractivity contribution in [2.24, 2.45) is 0 Å². The highest BCUT2D eigenvalue weighted by Crippen LogP contribution is 2.14. The third-order valence-electron chi connectivity index (χ3n) is 4.55. The van der Waals surface area contributed by atoms with Crippen LogP contribution in [0.5, 0.6) is 0 Å². The van der Waals surface area contributed by atoms with Gasteiger partial charge >= 0.3 is 0 Å². The minimum absolute atomic E-state index is 0.116. The van der Waals surface area contributed by atoms with Crippen LogP contribution in [0.3, 0.4) is 0 Å². The Morgan fingerprint density at radius 2 is 1.74 bits per heavy atom. The highest BCUT2D eigenvalue weighted by atomic mass is 32.2. The molecule has 4 aromatic rings. The van der Waals surface area contributed by atoms with E-state index in [4.69, 9.17) is 0 Å².